The van der Waals surface area contributed by atoms with Crippen molar-refractivity contribution in [2.45, 2.75) is 18.4 Å². The summed E-state index contributed by atoms with van der Waals surface area (Å²) in [6, 6.07) is 14.2. The quantitative estimate of drug-likeness (QED) is 0.742. The van der Waals surface area contributed by atoms with E-state index in [4.69, 9.17) is 14.2 Å². The lowest BCUT2D eigenvalue weighted by Crippen LogP contribution is -2.40. The van der Waals surface area contributed by atoms with Gasteiger partial charge in [0.2, 0.25) is 10.0 Å². The van der Waals surface area contributed by atoms with Crippen molar-refractivity contribution >= 4 is 10.0 Å². The SMILES string of the molecule is CCOc1ccc(OCc2cccc(S(=O)(=O)N3CCOCC3)c2)cc1. The third kappa shape index (κ3) is 4.55. The highest BCUT2D eigenvalue weighted by atomic mass is 32.2. The molecular weight excluding hydrogens is 354 g/mol. The molecule has 0 radical (unpaired) electrons. The van der Waals surface area contributed by atoms with E-state index in [1.807, 2.05) is 37.3 Å². The van der Waals surface area contributed by atoms with Crippen molar-refractivity contribution in [1.82, 2.24) is 4.31 Å². The zero-order chi connectivity index (χ0) is 18.4. The molecule has 0 spiro atoms. The second-order valence-corrected chi connectivity index (χ2v) is 7.79. The number of ether oxygens (including phenoxy) is 3. The lowest BCUT2D eigenvalue weighted by atomic mass is 10.2. The number of nitrogens with zero attached hydrogens (tertiary/aromatic N) is 1. The van der Waals surface area contributed by atoms with Crippen LogP contribution in [0, 0.1) is 0 Å². The molecule has 0 saturated carbocycles. The van der Waals surface area contributed by atoms with Crippen LogP contribution in [0.5, 0.6) is 11.5 Å². The number of sulfonamides is 1. The fourth-order valence-electron chi connectivity index (χ4n) is 2.70. The summed E-state index contributed by atoms with van der Waals surface area (Å²) < 4.78 is 43.3. The van der Waals surface area contributed by atoms with Gasteiger partial charge < -0.3 is 14.2 Å². The lowest BCUT2D eigenvalue weighted by Gasteiger charge is -2.26. The molecule has 2 aromatic carbocycles. The van der Waals surface area contributed by atoms with Crippen LogP contribution in [-0.4, -0.2) is 45.6 Å². The van der Waals surface area contributed by atoms with E-state index in [9.17, 15) is 8.42 Å². The van der Waals surface area contributed by atoms with Crippen molar-refractivity contribution in [1.29, 1.82) is 0 Å². The van der Waals surface area contributed by atoms with E-state index in [1.165, 1.54) is 4.31 Å². The van der Waals surface area contributed by atoms with Gasteiger partial charge in [0.25, 0.3) is 0 Å². The van der Waals surface area contributed by atoms with Crippen LogP contribution in [-0.2, 0) is 21.4 Å². The third-order valence-electron chi connectivity index (χ3n) is 4.05. The highest BCUT2D eigenvalue weighted by molar-refractivity contribution is 7.89. The Hall–Kier alpha value is -2.09. The van der Waals surface area contributed by atoms with E-state index in [0.29, 0.717) is 45.3 Å². The maximum Gasteiger partial charge on any atom is 0.243 e. The molecule has 0 aliphatic carbocycles. The second kappa shape index (κ2) is 8.53. The Bertz CT molecular complexity index is 814. The van der Waals surface area contributed by atoms with Crippen LogP contribution in [0.2, 0.25) is 0 Å². The Morgan fingerprint density at radius 3 is 2.31 bits per heavy atom. The normalized spacial score (nSPS) is 15.6. The highest BCUT2D eigenvalue weighted by Gasteiger charge is 2.26. The molecule has 6 nitrogen and oxygen atoms in total. The molecule has 0 bridgehead atoms. The van der Waals surface area contributed by atoms with Crippen molar-refractivity contribution in [3.05, 3.63) is 54.1 Å². The van der Waals surface area contributed by atoms with Crippen LogP contribution >= 0.6 is 0 Å². The van der Waals surface area contributed by atoms with Gasteiger partial charge in [-0.05, 0) is 48.9 Å². The summed E-state index contributed by atoms with van der Waals surface area (Å²) in [5, 5.41) is 0. The molecule has 26 heavy (non-hydrogen) atoms. The van der Waals surface area contributed by atoms with Crippen molar-refractivity contribution in [2.24, 2.45) is 0 Å². The van der Waals surface area contributed by atoms with Gasteiger partial charge >= 0.3 is 0 Å². The number of morpholine rings is 1. The largest absolute Gasteiger partial charge is 0.494 e. The van der Waals surface area contributed by atoms with Crippen molar-refractivity contribution in [3.8, 4) is 11.5 Å². The van der Waals surface area contributed by atoms with Crippen LogP contribution in [0.3, 0.4) is 0 Å². The summed E-state index contributed by atoms with van der Waals surface area (Å²) >= 11 is 0. The predicted octanol–water partition coefficient (Wildman–Crippen LogP) is 2.69. The van der Waals surface area contributed by atoms with Crippen LogP contribution in [0.25, 0.3) is 0 Å². The Morgan fingerprint density at radius 1 is 1.00 bits per heavy atom. The van der Waals surface area contributed by atoms with Crippen LogP contribution < -0.4 is 9.47 Å². The van der Waals surface area contributed by atoms with Crippen molar-refractivity contribution in [3.63, 3.8) is 0 Å². The summed E-state index contributed by atoms with van der Waals surface area (Å²) in [5.74, 6) is 1.49. The first-order valence-corrected chi connectivity index (χ1v) is 10.1. The van der Waals surface area contributed by atoms with Gasteiger partial charge in [0.15, 0.2) is 0 Å². The highest BCUT2D eigenvalue weighted by Crippen LogP contribution is 2.21. The van der Waals surface area contributed by atoms with E-state index >= 15 is 0 Å². The van der Waals surface area contributed by atoms with Gasteiger partial charge in [0.1, 0.15) is 18.1 Å². The molecule has 3 rings (SSSR count). The van der Waals surface area contributed by atoms with E-state index in [1.54, 1.807) is 18.2 Å². The van der Waals surface area contributed by atoms with Gasteiger partial charge in [-0.25, -0.2) is 8.42 Å². The lowest BCUT2D eigenvalue weighted by molar-refractivity contribution is 0.0730. The van der Waals surface area contributed by atoms with Gasteiger partial charge in [0, 0.05) is 13.1 Å². The first kappa shape index (κ1) is 18.7. The van der Waals surface area contributed by atoms with E-state index in [-0.39, 0.29) is 4.90 Å². The molecule has 7 heteroatoms. The molecule has 140 valence electrons. The Balaban J connectivity index is 1.67. The molecule has 1 aliphatic heterocycles. The number of rotatable bonds is 7. The maximum absolute atomic E-state index is 12.7. The number of hydrogen-bond acceptors (Lipinski definition) is 5. The molecule has 1 saturated heterocycles. The Labute approximate surface area is 154 Å². The Kier molecular flexibility index (Phi) is 6.13. The minimum Gasteiger partial charge on any atom is -0.494 e. The molecule has 1 aliphatic rings. The maximum atomic E-state index is 12.7. The zero-order valence-corrected chi connectivity index (χ0v) is 15.6. The predicted molar refractivity (Wildman–Crippen MR) is 98.0 cm³/mol. The molecule has 0 atom stereocenters. The topological polar surface area (TPSA) is 65.1 Å². The van der Waals surface area contributed by atoms with Crippen molar-refractivity contribution in [2.75, 3.05) is 32.9 Å². The molecule has 0 N–H and O–H groups in total. The Morgan fingerprint density at radius 2 is 1.65 bits per heavy atom. The molecule has 2 aromatic rings. The summed E-state index contributed by atoms with van der Waals surface area (Å²) in [4.78, 5) is 0.284. The van der Waals surface area contributed by atoms with Crippen LogP contribution in [0.15, 0.2) is 53.4 Å². The van der Waals surface area contributed by atoms with E-state index in [2.05, 4.69) is 0 Å². The van der Waals surface area contributed by atoms with Crippen LogP contribution in [0.4, 0.5) is 0 Å². The van der Waals surface area contributed by atoms with Crippen molar-refractivity contribution < 1.29 is 22.6 Å². The zero-order valence-electron chi connectivity index (χ0n) is 14.8. The first-order chi connectivity index (χ1) is 12.6. The molecule has 1 fully saturated rings. The van der Waals surface area contributed by atoms with Gasteiger partial charge in [-0.2, -0.15) is 4.31 Å². The van der Waals surface area contributed by atoms with Gasteiger partial charge in [-0.15, -0.1) is 0 Å². The molecule has 1 heterocycles. The van der Waals surface area contributed by atoms with Gasteiger partial charge in [-0.3, -0.25) is 0 Å². The summed E-state index contributed by atoms with van der Waals surface area (Å²) in [7, 11) is -3.50. The van der Waals surface area contributed by atoms with Gasteiger partial charge in [-0.1, -0.05) is 12.1 Å². The average Bonchev–Trinajstić information content (AvgIpc) is 2.69. The first-order valence-electron chi connectivity index (χ1n) is 8.62. The second-order valence-electron chi connectivity index (χ2n) is 5.86. The number of hydrogen-bond donors (Lipinski definition) is 0. The summed E-state index contributed by atoms with van der Waals surface area (Å²) in [6.45, 7) is 4.47. The van der Waals surface area contributed by atoms with E-state index < -0.39 is 10.0 Å². The summed E-state index contributed by atoms with van der Waals surface area (Å²) in [5.41, 5.74) is 0.799. The monoisotopic (exact) mass is 377 g/mol. The van der Waals surface area contributed by atoms with E-state index in [0.717, 1.165) is 11.3 Å². The fraction of sp³-hybridized carbons (Fsp3) is 0.368. The molecule has 0 aromatic heterocycles. The third-order valence-corrected chi connectivity index (χ3v) is 5.94. The van der Waals surface area contributed by atoms with Gasteiger partial charge in [0.05, 0.1) is 24.7 Å². The fourth-order valence-corrected chi connectivity index (χ4v) is 4.18. The standard InChI is InChI=1S/C19H23NO5S/c1-2-24-17-6-8-18(9-7-17)25-15-16-4-3-5-19(14-16)26(21,22)20-10-12-23-13-11-20/h3-9,14H,2,10-13,15H2,1H3. The summed E-state index contributed by atoms with van der Waals surface area (Å²) in [6.07, 6.45) is 0. The average molecular weight is 377 g/mol. The smallest absolute Gasteiger partial charge is 0.243 e. The minimum atomic E-state index is -3.50. The van der Waals surface area contributed by atoms with Crippen LogP contribution in [0.1, 0.15) is 12.5 Å². The molecule has 0 amide bonds. The minimum absolute atomic E-state index is 0.284. The molecular formula is C19H23NO5S. The molecule has 0 unspecified atom stereocenters. The number of benzene rings is 2.